The molecular formula is C15H18N2O2. The molecule has 0 spiro atoms. The molecule has 19 heavy (non-hydrogen) atoms. The van der Waals surface area contributed by atoms with Gasteiger partial charge in [-0.05, 0) is 37.3 Å². The average Bonchev–Trinajstić information content (AvgIpc) is 2.47. The Kier molecular flexibility index (Phi) is 4.93. The molecule has 1 aromatic rings. The summed E-state index contributed by atoms with van der Waals surface area (Å²) < 4.78 is 5.30. The van der Waals surface area contributed by atoms with Crippen molar-refractivity contribution >= 4 is 11.6 Å². The number of amides is 1. The molecule has 0 bridgehead atoms. The van der Waals surface area contributed by atoms with Gasteiger partial charge in [0.15, 0.2) is 0 Å². The summed E-state index contributed by atoms with van der Waals surface area (Å²) in [5, 5.41) is 11.8. The lowest BCUT2D eigenvalue weighted by atomic mass is 9.95. The number of carbonyl (C=O) groups excluding carboxylic acids is 1. The van der Waals surface area contributed by atoms with Gasteiger partial charge in [-0.25, -0.2) is 0 Å². The van der Waals surface area contributed by atoms with Crippen molar-refractivity contribution in [3.05, 3.63) is 29.8 Å². The monoisotopic (exact) mass is 258 g/mol. The zero-order valence-electron chi connectivity index (χ0n) is 10.9. The molecule has 100 valence electrons. The molecule has 1 aliphatic heterocycles. The fraction of sp³-hybridized carbons (Fsp3) is 0.467. The summed E-state index contributed by atoms with van der Waals surface area (Å²) in [6, 6.07) is 9.13. The first kappa shape index (κ1) is 13.6. The second-order valence-electron chi connectivity index (χ2n) is 4.80. The molecule has 1 N–H and O–H groups in total. The van der Waals surface area contributed by atoms with Crippen LogP contribution >= 0.6 is 0 Å². The third-order valence-corrected chi connectivity index (χ3v) is 3.44. The lowest BCUT2D eigenvalue weighted by molar-refractivity contribution is -0.116. The van der Waals surface area contributed by atoms with E-state index in [9.17, 15) is 4.79 Å². The standard InChI is InChI=1S/C15H18N2O2/c16-11-13-3-1-2-4-14(13)17-15(18)6-5-12-7-9-19-10-8-12/h1-4,12H,5-10H2,(H,17,18). The van der Waals surface area contributed by atoms with E-state index in [2.05, 4.69) is 11.4 Å². The molecule has 0 saturated carbocycles. The Balaban J connectivity index is 1.82. The van der Waals surface area contributed by atoms with Crippen molar-refractivity contribution in [2.45, 2.75) is 25.7 Å². The van der Waals surface area contributed by atoms with Crippen LogP contribution in [0.1, 0.15) is 31.2 Å². The fourth-order valence-electron chi connectivity index (χ4n) is 2.27. The molecule has 1 amide bonds. The highest BCUT2D eigenvalue weighted by Crippen LogP contribution is 2.21. The molecule has 1 saturated heterocycles. The molecule has 0 radical (unpaired) electrons. The minimum atomic E-state index is -0.0193. The van der Waals surface area contributed by atoms with Gasteiger partial charge in [0, 0.05) is 19.6 Å². The number of carbonyl (C=O) groups is 1. The molecule has 1 heterocycles. The Labute approximate surface area is 113 Å². The number of para-hydroxylation sites is 1. The molecular weight excluding hydrogens is 240 g/mol. The van der Waals surface area contributed by atoms with Crippen LogP contribution in [0.15, 0.2) is 24.3 Å². The quantitative estimate of drug-likeness (QED) is 0.903. The molecule has 1 fully saturated rings. The van der Waals surface area contributed by atoms with E-state index in [1.54, 1.807) is 18.2 Å². The molecule has 2 rings (SSSR count). The van der Waals surface area contributed by atoms with Gasteiger partial charge in [-0.1, -0.05) is 12.1 Å². The molecule has 0 unspecified atom stereocenters. The molecule has 4 heteroatoms. The molecule has 0 aliphatic carbocycles. The number of rotatable bonds is 4. The zero-order valence-corrected chi connectivity index (χ0v) is 10.9. The maximum absolute atomic E-state index is 11.9. The molecule has 1 aliphatic rings. The summed E-state index contributed by atoms with van der Waals surface area (Å²) in [7, 11) is 0. The van der Waals surface area contributed by atoms with E-state index in [0.29, 0.717) is 23.6 Å². The number of nitrogens with one attached hydrogen (secondary N) is 1. The highest BCUT2D eigenvalue weighted by atomic mass is 16.5. The summed E-state index contributed by atoms with van der Waals surface area (Å²) in [5.74, 6) is 0.569. The first-order valence-corrected chi connectivity index (χ1v) is 6.66. The Morgan fingerprint density at radius 3 is 2.84 bits per heavy atom. The van der Waals surface area contributed by atoms with Gasteiger partial charge < -0.3 is 10.1 Å². The van der Waals surface area contributed by atoms with Gasteiger partial charge in [-0.2, -0.15) is 5.26 Å². The second-order valence-corrected chi connectivity index (χ2v) is 4.80. The Morgan fingerprint density at radius 1 is 1.37 bits per heavy atom. The Bertz CT molecular complexity index is 473. The molecule has 1 aromatic carbocycles. The second kappa shape index (κ2) is 6.91. The summed E-state index contributed by atoms with van der Waals surface area (Å²) in [4.78, 5) is 11.9. The normalized spacial score (nSPS) is 15.7. The van der Waals surface area contributed by atoms with E-state index in [-0.39, 0.29) is 5.91 Å². The van der Waals surface area contributed by atoms with Crippen LogP contribution in [0.4, 0.5) is 5.69 Å². The number of benzene rings is 1. The Hall–Kier alpha value is -1.86. The molecule has 4 nitrogen and oxygen atoms in total. The van der Waals surface area contributed by atoms with Crippen molar-refractivity contribution in [2.24, 2.45) is 5.92 Å². The van der Waals surface area contributed by atoms with Crippen molar-refractivity contribution in [3.63, 3.8) is 0 Å². The van der Waals surface area contributed by atoms with Gasteiger partial charge in [0.25, 0.3) is 0 Å². The highest BCUT2D eigenvalue weighted by molar-refractivity contribution is 5.92. The van der Waals surface area contributed by atoms with Crippen LogP contribution in [-0.2, 0) is 9.53 Å². The minimum absolute atomic E-state index is 0.0193. The third-order valence-electron chi connectivity index (χ3n) is 3.44. The van der Waals surface area contributed by atoms with Crippen molar-refractivity contribution in [1.82, 2.24) is 0 Å². The maximum Gasteiger partial charge on any atom is 0.224 e. The minimum Gasteiger partial charge on any atom is -0.381 e. The Morgan fingerprint density at radius 2 is 2.11 bits per heavy atom. The number of hydrogen-bond acceptors (Lipinski definition) is 3. The predicted octanol–water partition coefficient (Wildman–Crippen LogP) is 2.70. The van der Waals surface area contributed by atoms with Gasteiger partial charge in [0.1, 0.15) is 6.07 Å². The fourth-order valence-corrected chi connectivity index (χ4v) is 2.27. The summed E-state index contributed by atoms with van der Waals surface area (Å²) in [6.07, 6.45) is 3.48. The SMILES string of the molecule is N#Cc1ccccc1NC(=O)CCC1CCOCC1. The number of anilines is 1. The first-order chi connectivity index (χ1) is 9.29. The summed E-state index contributed by atoms with van der Waals surface area (Å²) >= 11 is 0. The number of nitrogens with zero attached hydrogens (tertiary/aromatic N) is 1. The third kappa shape index (κ3) is 4.08. The van der Waals surface area contributed by atoms with E-state index in [0.717, 1.165) is 32.5 Å². The number of ether oxygens (including phenoxy) is 1. The number of nitriles is 1. The lowest BCUT2D eigenvalue weighted by Crippen LogP contribution is -2.19. The largest absolute Gasteiger partial charge is 0.381 e. The van der Waals surface area contributed by atoms with Crippen molar-refractivity contribution in [1.29, 1.82) is 5.26 Å². The first-order valence-electron chi connectivity index (χ1n) is 6.66. The van der Waals surface area contributed by atoms with E-state index >= 15 is 0 Å². The zero-order chi connectivity index (χ0) is 13.5. The topological polar surface area (TPSA) is 62.1 Å². The summed E-state index contributed by atoms with van der Waals surface area (Å²) in [5.41, 5.74) is 1.10. The highest BCUT2D eigenvalue weighted by Gasteiger charge is 2.15. The lowest BCUT2D eigenvalue weighted by Gasteiger charge is -2.21. The van der Waals surface area contributed by atoms with Crippen LogP contribution in [0.3, 0.4) is 0 Å². The molecule has 0 aromatic heterocycles. The van der Waals surface area contributed by atoms with Gasteiger partial charge >= 0.3 is 0 Å². The molecule has 0 atom stereocenters. The van der Waals surface area contributed by atoms with Gasteiger partial charge in [-0.3, -0.25) is 4.79 Å². The van der Waals surface area contributed by atoms with Crippen LogP contribution in [-0.4, -0.2) is 19.1 Å². The van der Waals surface area contributed by atoms with Crippen molar-refractivity contribution < 1.29 is 9.53 Å². The number of hydrogen-bond donors (Lipinski definition) is 1. The maximum atomic E-state index is 11.9. The van der Waals surface area contributed by atoms with E-state index in [1.165, 1.54) is 0 Å². The van der Waals surface area contributed by atoms with Crippen LogP contribution in [0.2, 0.25) is 0 Å². The van der Waals surface area contributed by atoms with Gasteiger partial charge in [-0.15, -0.1) is 0 Å². The van der Waals surface area contributed by atoms with E-state index in [1.807, 2.05) is 6.07 Å². The van der Waals surface area contributed by atoms with Crippen molar-refractivity contribution in [2.75, 3.05) is 18.5 Å². The van der Waals surface area contributed by atoms with Gasteiger partial charge in [0.05, 0.1) is 11.3 Å². The summed E-state index contributed by atoms with van der Waals surface area (Å²) in [6.45, 7) is 1.62. The van der Waals surface area contributed by atoms with E-state index in [4.69, 9.17) is 10.00 Å². The van der Waals surface area contributed by atoms with Crippen LogP contribution in [0.5, 0.6) is 0 Å². The van der Waals surface area contributed by atoms with Crippen LogP contribution in [0.25, 0.3) is 0 Å². The smallest absolute Gasteiger partial charge is 0.224 e. The van der Waals surface area contributed by atoms with E-state index < -0.39 is 0 Å². The predicted molar refractivity (Wildman–Crippen MR) is 72.6 cm³/mol. The average molecular weight is 258 g/mol. The van der Waals surface area contributed by atoms with Crippen LogP contribution in [0, 0.1) is 17.2 Å². The van der Waals surface area contributed by atoms with Crippen LogP contribution < -0.4 is 5.32 Å². The van der Waals surface area contributed by atoms with Crippen molar-refractivity contribution in [3.8, 4) is 6.07 Å². The van der Waals surface area contributed by atoms with Gasteiger partial charge in [0.2, 0.25) is 5.91 Å².